The summed E-state index contributed by atoms with van der Waals surface area (Å²) in [6.45, 7) is 15.7. The van der Waals surface area contributed by atoms with Crippen molar-refractivity contribution >= 4 is 11.6 Å². The number of ketones is 2. The highest BCUT2D eigenvalue weighted by Gasteiger charge is 2.32. The lowest BCUT2D eigenvalue weighted by Crippen LogP contribution is -2.51. The first-order valence-corrected chi connectivity index (χ1v) is 7.19. The van der Waals surface area contributed by atoms with E-state index < -0.39 is 0 Å². The minimum Gasteiger partial charge on any atom is -0.303 e. The Balaban J connectivity index is 4.79. The molecular formula is C16H31NO2. The molecule has 1 atom stereocenters. The maximum atomic E-state index is 12.5. The largest absolute Gasteiger partial charge is 0.303 e. The minimum absolute atomic E-state index is 0.0417. The van der Waals surface area contributed by atoms with E-state index in [1.807, 2.05) is 55.4 Å². The highest BCUT2D eigenvalue weighted by molar-refractivity contribution is 5.89. The molecule has 0 unspecified atom stereocenters. The molecular weight excluding hydrogens is 238 g/mol. The van der Waals surface area contributed by atoms with E-state index in [1.165, 1.54) is 0 Å². The molecule has 0 rings (SSSR count). The van der Waals surface area contributed by atoms with Gasteiger partial charge >= 0.3 is 0 Å². The summed E-state index contributed by atoms with van der Waals surface area (Å²) in [7, 11) is 0. The Hall–Kier alpha value is -0.700. The van der Waals surface area contributed by atoms with Crippen molar-refractivity contribution in [2.24, 2.45) is 11.3 Å². The maximum Gasteiger partial charge on any atom is 0.155 e. The fraction of sp³-hybridized carbons (Fsp3) is 0.875. The third-order valence-corrected chi connectivity index (χ3v) is 2.99. The zero-order valence-corrected chi connectivity index (χ0v) is 13.9. The molecule has 0 spiro atoms. The van der Waals surface area contributed by atoms with Gasteiger partial charge in [-0.3, -0.25) is 9.59 Å². The van der Waals surface area contributed by atoms with Gasteiger partial charge in [-0.1, -0.05) is 34.6 Å². The van der Waals surface area contributed by atoms with E-state index in [2.05, 4.69) is 5.32 Å². The normalized spacial score (nSPS) is 14.6. The van der Waals surface area contributed by atoms with Crippen LogP contribution in [0.1, 0.15) is 68.2 Å². The molecule has 0 amide bonds. The van der Waals surface area contributed by atoms with Crippen LogP contribution in [0.2, 0.25) is 0 Å². The van der Waals surface area contributed by atoms with Crippen LogP contribution >= 0.6 is 0 Å². The van der Waals surface area contributed by atoms with Crippen LogP contribution in [-0.4, -0.2) is 23.1 Å². The Labute approximate surface area is 118 Å². The van der Waals surface area contributed by atoms with Crippen molar-refractivity contribution in [1.82, 2.24) is 5.32 Å². The van der Waals surface area contributed by atoms with Crippen molar-refractivity contribution in [3.05, 3.63) is 0 Å². The molecule has 0 radical (unpaired) electrons. The zero-order valence-electron chi connectivity index (χ0n) is 13.9. The van der Waals surface area contributed by atoms with Gasteiger partial charge in [0.25, 0.3) is 0 Å². The number of hydrogen-bond acceptors (Lipinski definition) is 3. The number of carbonyl (C=O) groups is 2. The molecule has 1 N–H and O–H groups in total. The van der Waals surface area contributed by atoms with Crippen LogP contribution in [-0.2, 0) is 9.59 Å². The minimum atomic E-state index is -0.385. The molecule has 0 saturated carbocycles. The highest BCUT2D eigenvalue weighted by Crippen LogP contribution is 2.21. The van der Waals surface area contributed by atoms with Crippen molar-refractivity contribution in [2.45, 2.75) is 79.8 Å². The van der Waals surface area contributed by atoms with Crippen molar-refractivity contribution in [2.75, 3.05) is 0 Å². The number of rotatable bonds is 6. The molecule has 0 aliphatic rings. The quantitative estimate of drug-likeness (QED) is 0.804. The van der Waals surface area contributed by atoms with Gasteiger partial charge in [0, 0.05) is 23.3 Å². The average molecular weight is 269 g/mol. The summed E-state index contributed by atoms with van der Waals surface area (Å²) in [5.41, 5.74) is -0.518. The third kappa shape index (κ3) is 7.46. The van der Waals surface area contributed by atoms with Gasteiger partial charge in [-0.05, 0) is 27.2 Å². The topological polar surface area (TPSA) is 46.2 Å². The van der Waals surface area contributed by atoms with Crippen molar-refractivity contribution in [3.8, 4) is 0 Å². The molecule has 0 heterocycles. The Morgan fingerprint density at radius 1 is 1.00 bits per heavy atom. The lowest BCUT2D eigenvalue weighted by molar-refractivity contribution is -0.129. The fourth-order valence-corrected chi connectivity index (χ4v) is 1.89. The molecule has 0 aromatic rings. The van der Waals surface area contributed by atoms with Gasteiger partial charge in [-0.25, -0.2) is 0 Å². The first-order chi connectivity index (χ1) is 8.34. The second-order valence-electron chi connectivity index (χ2n) is 7.72. The summed E-state index contributed by atoms with van der Waals surface area (Å²) in [4.78, 5) is 24.2. The van der Waals surface area contributed by atoms with E-state index in [1.54, 1.807) is 0 Å². The van der Waals surface area contributed by atoms with Crippen LogP contribution in [0.4, 0.5) is 0 Å². The van der Waals surface area contributed by atoms with Gasteiger partial charge in [0.05, 0.1) is 6.04 Å². The zero-order chi connectivity index (χ0) is 15.4. The third-order valence-electron chi connectivity index (χ3n) is 2.99. The monoisotopic (exact) mass is 269 g/mol. The number of nitrogens with one attached hydrogen (secondary N) is 1. The maximum absolute atomic E-state index is 12.5. The number of hydrogen-bond donors (Lipinski definition) is 1. The second kappa shape index (κ2) is 6.65. The Kier molecular flexibility index (Phi) is 6.40. The summed E-state index contributed by atoms with van der Waals surface area (Å²) in [6, 6.07) is -0.248. The van der Waals surface area contributed by atoms with Gasteiger partial charge in [-0.15, -0.1) is 0 Å². The van der Waals surface area contributed by atoms with E-state index in [0.717, 1.165) is 0 Å². The fourth-order valence-electron chi connectivity index (χ4n) is 1.89. The first-order valence-electron chi connectivity index (χ1n) is 7.19. The van der Waals surface area contributed by atoms with E-state index in [-0.39, 0.29) is 34.5 Å². The highest BCUT2D eigenvalue weighted by atomic mass is 16.1. The predicted octanol–water partition coefficient (Wildman–Crippen LogP) is 3.36. The van der Waals surface area contributed by atoms with Crippen molar-refractivity contribution < 1.29 is 9.59 Å². The molecule has 3 heteroatoms. The van der Waals surface area contributed by atoms with E-state index in [9.17, 15) is 9.59 Å². The Morgan fingerprint density at radius 3 is 1.79 bits per heavy atom. The summed E-state index contributed by atoms with van der Waals surface area (Å²) in [6.07, 6.45) is 1.05. The first kappa shape index (κ1) is 18.3. The summed E-state index contributed by atoms with van der Waals surface area (Å²) in [5.74, 6) is 0.446. The van der Waals surface area contributed by atoms with Crippen LogP contribution in [0.25, 0.3) is 0 Å². The molecule has 0 fully saturated rings. The van der Waals surface area contributed by atoms with Crippen LogP contribution in [0.15, 0.2) is 0 Å². The average Bonchev–Trinajstić information content (AvgIpc) is 2.19. The molecule has 0 bridgehead atoms. The van der Waals surface area contributed by atoms with Crippen molar-refractivity contribution in [3.63, 3.8) is 0 Å². The second-order valence-corrected chi connectivity index (χ2v) is 7.72. The molecule has 0 aromatic carbocycles. The van der Waals surface area contributed by atoms with Gasteiger partial charge in [0.15, 0.2) is 5.78 Å². The Bertz CT molecular complexity index is 319. The lowest BCUT2D eigenvalue weighted by atomic mass is 9.83. The van der Waals surface area contributed by atoms with Crippen LogP contribution in [0, 0.1) is 11.3 Å². The molecule has 0 aromatic heterocycles. The lowest BCUT2D eigenvalue weighted by Gasteiger charge is -2.31. The van der Waals surface area contributed by atoms with Crippen LogP contribution in [0.3, 0.4) is 0 Å². The van der Waals surface area contributed by atoms with E-state index in [0.29, 0.717) is 12.8 Å². The standard InChI is InChI=1S/C16H31NO2/c1-11(2)13(18)10-9-12(17-16(6,7)8)14(19)15(3,4)5/h11-12,17H,9-10H2,1-8H3/t12-/m0/s1. The van der Waals surface area contributed by atoms with E-state index >= 15 is 0 Å². The molecule has 19 heavy (non-hydrogen) atoms. The van der Waals surface area contributed by atoms with Crippen LogP contribution in [0.5, 0.6) is 0 Å². The van der Waals surface area contributed by atoms with Gasteiger partial charge < -0.3 is 5.32 Å². The van der Waals surface area contributed by atoms with E-state index in [4.69, 9.17) is 0 Å². The summed E-state index contributed by atoms with van der Waals surface area (Å²) < 4.78 is 0. The number of carbonyl (C=O) groups excluding carboxylic acids is 2. The smallest absolute Gasteiger partial charge is 0.155 e. The van der Waals surface area contributed by atoms with Gasteiger partial charge in [-0.2, -0.15) is 0 Å². The molecule has 0 aliphatic heterocycles. The van der Waals surface area contributed by atoms with Gasteiger partial charge in [0.2, 0.25) is 0 Å². The van der Waals surface area contributed by atoms with Gasteiger partial charge in [0.1, 0.15) is 5.78 Å². The predicted molar refractivity (Wildman–Crippen MR) is 80.2 cm³/mol. The molecule has 0 saturated heterocycles. The molecule has 0 aliphatic carbocycles. The van der Waals surface area contributed by atoms with Crippen molar-refractivity contribution in [1.29, 1.82) is 0 Å². The molecule has 3 nitrogen and oxygen atoms in total. The van der Waals surface area contributed by atoms with Crippen LogP contribution < -0.4 is 5.32 Å². The SMILES string of the molecule is CC(C)C(=O)CC[C@H](NC(C)(C)C)C(=O)C(C)(C)C. The summed E-state index contributed by atoms with van der Waals surface area (Å²) >= 11 is 0. The Morgan fingerprint density at radius 2 is 1.47 bits per heavy atom. The summed E-state index contributed by atoms with van der Waals surface area (Å²) in [5, 5.41) is 3.36. The molecule has 112 valence electrons. The number of Topliss-reactive ketones (excluding diaryl/α,β-unsaturated/α-hetero) is 2.